The van der Waals surface area contributed by atoms with Crippen molar-refractivity contribution < 1.29 is 0 Å². The van der Waals surface area contributed by atoms with Crippen LogP contribution in [0.15, 0.2) is 101 Å². The molecule has 0 amide bonds. The van der Waals surface area contributed by atoms with Gasteiger partial charge in [-0.25, -0.2) is 0 Å². The Kier molecular flexibility index (Phi) is 12.2. The Bertz CT molecular complexity index is 1850. The van der Waals surface area contributed by atoms with Crippen LogP contribution >= 0.6 is 211 Å². The number of rotatable bonds is 6. The van der Waals surface area contributed by atoms with Crippen LogP contribution in [-0.2, 0) is 0 Å². The first kappa shape index (κ1) is 36.1. The second-order valence-electron chi connectivity index (χ2n) is 9.31. The summed E-state index contributed by atoms with van der Waals surface area (Å²) in [4.78, 5) is 5.35. The third-order valence-corrected chi connectivity index (χ3v) is 30.0. The predicted octanol–water partition coefficient (Wildman–Crippen LogP) is 17.8. The molecule has 9 heterocycles. The van der Waals surface area contributed by atoms with Gasteiger partial charge in [0, 0.05) is 25.1 Å². The number of thioether (sulfide) groups is 16. The molecule has 0 bridgehead atoms. The molecule has 7 aliphatic rings. The topological polar surface area (TPSA) is 0 Å². The molecule has 0 nitrogen and oxygen atoms in total. The zero-order valence-electron chi connectivity index (χ0n) is 24.1. The normalized spacial score (nSPS) is 21.9. The van der Waals surface area contributed by atoms with E-state index in [0.717, 1.165) is 0 Å². The molecule has 2 aromatic heterocycles. The Morgan fingerprint density at radius 3 is 1.21 bits per heavy atom. The smallest absolute Gasteiger partial charge is 0.0717 e. The van der Waals surface area contributed by atoms with Crippen molar-refractivity contribution >= 4 is 229 Å². The summed E-state index contributed by atoms with van der Waals surface area (Å²) in [6.07, 6.45) is 9.20. The molecular formula is C30H16S18. The van der Waals surface area contributed by atoms with Crippen molar-refractivity contribution in [2.75, 3.05) is 12.5 Å². The molecule has 0 saturated heterocycles. The van der Waals surface area contributed by atoms with Crippen molar-refractivity contribution in [3.63, 3.8) is 0 Å². The Labute approximate surface area is 356 Å². The van der Waals surface area contributed by atoms with Gasteiger partial charge in [0.15, 0.2) is 0 Å². The van der Waals surface area contributed by atoms with Crippen molar-refractivity contribution in [3.8, 4) is 0 Å². The fraction of sp³-hybridized carbons (Fsp3) is 0.0667. The highest BCUT2D eigenvalue weighted by atomic mass is 32.3. The van der Waals surface area contributed by atoms with Crippen molar-refractivity contribution in [1.29, 1.82) is 0 Å². The average Bonchev–Trinajstić information content (AvgIpc) is 3.90. The highest BCUT2D eigenvalue weighted by Crippen LogP contribution is 2.70. The molecule has 18 heteroatoms. The van der Waals surface area contributed by atoms with Gasteiger partial charge < -0.3 is 0 Å². The molecule has 2 aromatic rings. The second-order valence-corrected chi connectivity index (χ2v) is 30.5. The van der Waals surface area contributed by atoms with Crippen molar-refractivity contribution in [2.45, 2.75) is 0 Å². The Morgan fingerprint density at radius 2 is 0.833 bits per heavy atom. The Hall–Kier alpha value is 2.40. The molecule has 0 atom stereocenters. The molecule has 9 rings (SSSR count). The minimum Gasteiger partial charge on any atom is -0.136 e. The zero-order chi connectivity index (χ0) is 32.2. The highest BCUT2D eigenvalue weighted by Gasteiger charge is 2.34. The van der Waals surface area contributed by atoms with Gasteiger partial charge in [-0.15, -0.1) is 46.2 Å². The lowest BCUT2D eigenvalue weighted by Crippen LogP contribution is -1.82. The van der Waals surface area contributed by atoms with E-state index in [9.17, 15) is 0 Å². The van der Waals surface area contributed by atoms with Crippen LogP contribution in [0.3, 0.4) is 0 Å². The van der Waals surface area contributed by atoms with E-state index >= 15 is 0 Å². The van der Waals surface area contributed by atoms with E-state index in [0.29, 0.717) is 0 Å². The molecule has 7 aliphatic heterocycles. The summed E-state index contributed by atoms with van der Waals surface area (Å²) in [5, 5.41) is 8.75. The Morgan fingerprint density at radius 1 is 0.458 bits per heavy atom. The fourth-order valence-corrected chi connectivity index (χ4v) is 29.0. The van der Waals surface area contributed by atoms with E-state index in [1.807, 2.05) is 211 Å². The van der Waals surface area contributed by atoms with Gasteiger partial charge in [0.05, 0.1) is 55.1 Å². The third-order valence-electron chi connectivity index (χ3n) is 6.37. The van der Waals surface area contributed by atoms with Gasteiger partial charge >= 0.3 is 0 Å². The van der Waals surface area contributed by atoms with Crippen LogP contribution in [0.2, 0.25) is 0 Å². The van der Waals surface area contributed by atoms with Crippen LogP contribution < -0.4 is 0 Å². The summed E-state index contributed by atoms with van der Waals surface area (Å²) in [6, 6.07) is 9.33. The van der Waals surface area contributed by atoms with Gasteiger partial charge in [0.1, 0.15) is 0 Å². The first-order chi connectivity index (χ1) is 23.6. The molecule has 48 heavy (non-hydrogen) atoms. The van der Waals surface area contributed by atoms with E-state index in [1.165, 1.54) is 80.2 Å². The summed E-state index contributed by atoms with van der Waals surface area (Å²) in [5.41, 5.74) is 1.38. The summed E-state index contributed by atoms with van der Waals surface area (Å²) in [7, 11) is 0. The maximum atomic E-state index is 2.40. The van der Waals surface area contributed by atoms with Gasteiger partial charge in [-0.05, 0) is 70.6 Å². The van der Waals surface area contributed by atoms with Crippen molar-refractivity contribution in [3.05, 3.63) is 120 Å². The quantitative estimate of drug-likeness (QED) is 0.270. The van der Waals surface area contributed by atoms with Crippen molar-refractivity contribution in [1.82, 2.24) is 0 Å². The van der Waals surface area contributed by atoms with Gasteiger partial charge in [-0.2, -0.15) is 0 Å². The fourth-order valence-electron chi connectivity index (χ4n) is 4.40. The predicted molar refractivity (Wildman–Crippen MR) is 257 cm³/mol. The van der Waals surface area contributed by atoms with Crippen LogP contribution in [0, 0.1) is 0 Å². The number of hydrogen-bond donors (Lipinski definition) is 0. The lowest BCUT2D eigenvalue weighted by atomic mass is 10.2. The summed E-state index contributed by atoms with van der Waals surface area (Å²) in [6.45, 7) is 0. The minimum absolute atomic E-state index is 1.32. The van der Waals surface area contributed by atoms with Gasteiger partial charge in [0.2, 0.25) is 0 Å². The van der Waals surface area contributed by atoms with Crippen LogP contribution in [0.1, 0.15) is 19.5 Å². The molecule has 0 aromatic carbocycles. The minimum atomic E-state index is 1.32. The van der Waals surface area contributed by atoms with Crippen LogP contribution in [-0.4, -0.2) is 12.5 Å². The van der Waals surface area contributed by atoms with E-state index < -0.39 is 0 Å². The van der Waals surface area contributed by atoms with Crippen LogP contribution in [0.4, 0.5) is 0 Å². The molecule has 0 radical (unpaired) electrons. The molecule has 0 spiro atoms. The summed E-state index contributed by atoms with van der Waals surface area (Å²) < 4.78 is 18.5. The van der Waals surface area contributed by atoms with E-state index in [-0.39, 0.29) is 0 Å². The summed E-state index contributed by atoms with van der Waals surface area (Å²) >= 11 is 34.5. The first-order valence-corrected chi connectivity index (χ1v) is 29.3. The van der Waals surface area contributed by atoms with Gasteiger partial charge in [-0.3, -0.25) is 0 Å². The number of hydrogen-bond acceptors (Lipinski definition) is 18. The maximum absolute atomic E-state index is 2.40. The van der Waals surface area contributed by atoms with Crippen molar-refractivity contribution in [2.24, 2.45) is 0 Å². The molecule has 0 saturated carbocycles. The largest absolute Gasteiger partial charge is 0.136 e. The van der Waals surface area contributed by atoms with Gasteiger partial charge in [0.25, 0.3) is 0 Å². The summed E-state index contributed by atoms with van der Waals surface area (Å²) in [5.74, 6) is 0. The first-order valence-electron chi connectivity index (χ1n) is 13.5. The zero-order valence-corrected chi connectivity index (χ0v) is 38.8. The molecule has 0 N–H and O–H groups in total. The van der Waals surface area contributed by atoms with E-state index in [4.69, 9.17) is 0 Å². The SMILES string of the molecule is CSC1=C(SC)SC(=C(c2ccc(C=C3SC4=C(S3)SC(=C3SC=CS3)S4)s2)c2ccc(C=C3SC4=C(S3)SC(=C3SC=CS3)S4)s2)S1. The van der Waals surface area contributed by atoms with E-state index in [1.54, 1.807) is 0 Å². The number of thiophene rings is 2. The van der Waals surface area contributed by atoms with Gasteiger partial charge in [-0.1, -0.05) is 165 Å². The molecule has 244 valence electrons. The third kappa shape index (κ3) is 7.76. The molecule has 0 fully saturated rings. The highest BCUT2D eigenvalue weighted by molar-refractivity contribution is 8.50. The lowest BCUT2D eigenvalue weighted by Gasteiger charge is -2.08. The molecular weight excluding hydrogens is 938 g/mol. The monoisotopic (exact) mass is 952 g/mol. The van der Waals surface area contributed by atoms with Crippen LogP contribution in [0.5, 0.6) is 0 Å². The van der Waals surface area contributed by atoms with Crippen LogP contribution in [0.25, 0.3) is 17.7 Å². The van der Waals surface area contributed by atoms with E-state index in [2.05, 4.69) is 70.6 Å². The second kappa shape index (κ2) is 16.2. The Balaban J connectivity index is 0.944. The average molecular weight is 954 g/mol. The lowest BCUT2D eigenvalue weighted by molar-refractivity contribution is 1.79. The standard InChI is InChI=1S/C30H16S18/c1-31-21-22(32-2)44-20(43-21)19(15-5-3-13(37-15)11-17-39-27-28(40-17)46-25(45-27)23-33-7-8-34-23)16-6-4-14(38-16)12-18-41-29-30(42-18)48-26(47-29)24-35-9-10-36-24/h3-12H,1-2H3. The molecule has 0 aliphatic carbocycles. The molecule has 0 unspecified atom stereocenters. The maximum Gasteiger partial charge on any atom is 0.0717 e.